The van der Waals surface area contributed by atoms with Crippen molar-refractivity contribution in [3.05, 3.63) is 47.2 Å². The van der Waals surface area contributed by atoms with E-state index in [4.69, 9.17) is 0 Å². The molecule has 1 atom stereocenters. The van der Waals surface area contributed by atoms with Crippen molar-refractivity contribution in [2.24, 2.45) is 5.92 Å². The number of carbonyl (C=O) groups excluding carboxylic acids is 1. The second-order valence-electron chi connectivity index (χ2n) is 6.28. The van der Waals surface area contributed by atoms with Gasteiger partial charge in [-0.1, -0.05) is 24.3 Å². The van der Waals surface area contributed by atoms with Gasteiger partial charge in [0, 0.05) is 18.2 Å². The van der Waals surface area contributed by atoms with E-state index < -0.39 is 11.7 Å². The van der Waals surface area contributed by atoms with Crippen molar-refractivity contribution in [2.45, 2.75) is 44.7 Å². The molecule has 0 radical (unpaired) electrons. The maximum atomic E-state index is 13.1. The lowest BCUT2D eigenvalue weighted by molar-refractivity contribution is -0.138. The molecular formula is C18H20F3NO. The predicted molar refractivity (Wildman–Crippen MR) is 81.5 cm³/mol. The second-order valence-corrected chi connectivity index (χ2v) is 6.28. The molecule has 1 heterocycles. The SMILES string of the molecule is O=C1C(Cc2ccccc2C(F)(F)F)CCN1C1=CCCCC1. The molecule has 124 valence electrons. The van der Waals surface area contributed by atoms with E-state index in [1.807, 2.05) is 0 Å². The Kier molecular flexibility index (Phi) is 4.46. The number of rotatable bonds is 3. The minimum Gasteiger partial charge on any atom is -0.316 e. The van der Waals surface area contributed by atoms with Crippen LogP contribution in [0.5, 0.6) is 0 Å². The highest BCUT2D eigenvalue weighted by molar-refractivity contribution is 5.83. The average molecular weight is 323 g/mol. The zero-order chi connectivity index (χ0) is 16.4. The molecule has 1 amide bonds. The first-order valence-electron chi connectivity index (χ1n) is 8.12. The fourth-order valence-electron chi connectivity index (χ4n) is 3.52. The van der Waals surface area contributed by atoms with Crippen LogP contribution in [0.1, 0.15) is 43.2 Å². The van der Waals surface area contributed by atoms with Gasteiger partial charge < -0.3 is 4.90 Å². The number of amides is 1. The third-order valence-corrected chi connectivity index (χ3v) is 4.72. The number of allylic oxidation sites excluding steroid dienone is 2. The first kappa shape index (κ1) is 16.1. The number of benzene rings is 1. The summed E-state index contributed by atoms with van der Waals surface area (Å²) in [6.07, 6.45) is 2.64. The Morgan fingerprint density at radius 2 is 1.96 bits per heavy atom. The van der Waals surface area contributed by atoms with Crippen LogP contribution in [0.2, 0.25) is 0 Å². The molecule has 1 aliphatic heterocycles. The number of likely N-dealkylation sites (tertiary alicyclic amines) is 1. The van der Waals surface area contributed by atoms with Crippen molar-refractivity contribution in [3.8, 4) is 0 Å². The molecule has 0 saturated carbocycles. The van der Waals surface area contributed by atoms with Gasteiger partial charge >= 0.3 is 6.18 Å². The number of hydrogen-bond donors (Lipinski definition) is 0. The third kappa shape index (κ3) is 3.43. The van der Waals surface area contributed by atoms with Gasteiger partial charge in [0.15, 0.2) is 0 Å². The summed E-state index contributed by atoms with van der Waals surface area (Å²) >= 11 is 0. The molecule has 1 fully saturated rings. The minimum atomic E-state index is -4.37. The minimum absolute atomic E-state index is 0.0184. The molecule has 2 aliphatic rings. The molecule has 5 heteroatoms. The van der Waals surface area contributed by atoms with E-state index in [1.54, 1.807) is 11.0 Å². The van der Waals surface area contributed by atoms with E-state index >= 15 is 0 Å². The highest BCUT2D eigenvalue weighted by atomic mass is 19.4. The van der Waals surface area contributed by atoms with Gasteiger partial charge in [0.25, 0.3) is 0 Å². The quantitative estimate of drug-likeness (QED) is 0.799. The largest absolute Gasteiger partial charge is 0.416 e. The van der Waals surface area contributed by atoms with Crippen LogP contribution in [-0.4, -0.2) is 17.4 Å². The van der Waals surface area contributed by atoms with Crippen LogP contribution in [0.3, 0.4) is 0 Å². The smallest absolute Gasteiger partial charge is 0.316 e. The molecule has 23 heavy (non-hydrogen) atoms. The molecule has 0 bridgehead atoms. The van der Waals surface area contributed by atoms with Gasteiger partial charge in [0.05, 0.1) is 5.56 Å². The molecule has 1 aliphatic carbocycles. The Bertz CT molecular complexity index is 621. The Morgan fingerprint density at radius 3 is 2.65 bits per heavy atom. The molecule has 1 saturated heterocycles. The monoisotopic (exact) mass is 323 g/mol. The first-order chi connectivity index (χ1) is 11.0. The van der Waals surface area contributed by atoms with E-state index in [1.165, 1.54) is 12.1 Å². The van der Waals surface area contributed by atoms with Crippen LogP contribution in [-0.2, 0) is 17.4 Å². The van der Waals surface area contributed by atoms with E-state index in [0.717, 1.165) is 37.4 Å². The van der Waals surface area contributed by atoms with Gasteiger partial charge in [-0.15, -0.1) is 0 Å². The molecule has 0 N–H and O–H groups in total. The van der Waals surface area contributed by atoms with Gasteiger partial charge in [-0.3, -0.25) is 4.79 Å². The maximum Gasteiger partial charge on any atom is 0.416 e. The number of hydrogen-bond acceptors (Lipinski definition) is 1. The van der Waals surface area contributed by atoms with Gasteiger partial charge in [-0.2, -0.15) is 13.2 Å². The number of nitrogens with zero attached hydrogens (tertiary/aromatic N) is 1. The van der Waals surface area contributed by atoms with Crippen LogP contribution >= 0.6 is 0 Å². The van der Waals surface area contributed by atoms with Gasteiger partial charge in [-0.05, 0) is 50.2 Å². The summed E-state index contributed by atoms with van der Waals surface area (Å²) in [5, 5.41) is 0. The molecule has 0 spiro atoms. The molecule has 1 aromatic rings. The maximum absolute atomic E-state index is 13.1. The Morgan fingerprint density at radius 1 is 1.17 bits per heavy atom. The summed E-state index contributed by atoms with van der Waals surface area (Å²) in [6, 6.07) is 5.57. The summed E-state index contributed by atoms with van der Waals surface area (Å²) in [6.45, 7) is 0.628. The van der Waals surface area contributed by atoms with Crippen LogP contribution < -0.4 is 0 Å². The van der Waals surface area contributed by atoms with Crippen LogP contribution in [0.4, 0.5) is 13.2 Å². The molecule has 2 nitrogen and oxygen atoms in total. The zero-order valence-corrected chi connectivity index (χ0v) is 12.9. The van der Waals surface area contributed by atoms with Crippen molar-refractivity contribution in [1.82, 2.24) is 4.90 Å². The lowest BCUT2D eigenvalue weighted by Crippen LogP contribution is -2.28. The topological polar surface area (TPSA) is 20.3 Å². The first-order valence-corrected chi connectivity index (χ1v) is 8.12. The number of alkyl halides is 3. The molecule has 0 aromatic heterocycles. The summed E-state index contributed by atoms with van der Waals surface area (Å²) in [7, 11) is 0. The van der Waals surface area contributed by atoms with Crippen LogP contribution in [0.15, 0.2) is 36.0 Å². The number of carbonyl (C=O) groups is 1. The molecule has 1 unspecified atom stereocenters. The number of halogens is 3. The Hall–Kier alpha value is -1.78. The normalized spacial score (nSPS) is 22.4. The fraction of sp³-hybridized carbons (Fsp3) is 0.500. The molecule has 3 rings (SSSR count). The summed E-state index contributed by atoms with van der Waals surface area (Å²) in [4.78, 5) is 14.4. The Balaban J connectivity index is 1.75. The fourth-order valence-corrected chi connectivity index (χ4v) is 3.52. The van der Waals surface area contributed by atoms with Crippen molar-refractivity contribution < 1.29 is 18.0 Å². The molecule has 1 aromatic carbocycles. The second kappa shape index (κ2) is 6.38. The van der Waals surface area contributed by atoms with E-state index in [2.05, 4.69) is 6.08 Å². The standard InChI is InChI=1S/C18H20F3NO/c19-18(20,21)16-9-5-4-6-13(16)12-14-10-11-22(17(14)23)15-7-2-1-3-8-15/h4-7,9,14H,1-3,8,10-12H2. The summed E-state index contributed by atoms with van der Waals surface area (Å²) < 4.78 is 39.2. The summed E-state index contributed by atoms with van der Waals surface area (Å²) in [5.74, 6) is -0.364. The van der Waals surface area contributed by atoms with E-state index in [9.17, 15) is 18.0 Å². The zero-order valence-electron chi connectivity index (χ0n) is 12.9. The highest BCUT2D eigenvalue weighted by Gasteiger charge is 2.37. The third-order valence-electron chi connectivity index (χ3n) is 4.72. The van der Waals surface area contributed by atoms with Crippen LogP contribution in [0.25, 0.3) is 0 Å². The lowest BCUT2D eigenvalue weighted by atomic mass is 9.94. The van der Waals surface area contributed by atoms with Gasteiger partial charge in [-0.25, -0.2) is 0 Å². The van der Waals surface area contributed by atoms with Gasteiger partial charge in [0.2, 0.25) is 5.91 Å². The molecular weight excluding hydrogens is 303 g/mol. The predicted octanol–water partition coefficient (Wildman–Crippen LogP) is 4.55. The van der Waals surface area contributed by atoms with E-state index in [0.29, 0.717) is 13.0 Å². The van der Waals surface area contributed by atoms with Crippen LogP contribution in [0, 0.1) is 5.92 Å². The van der Waals surface area contributed by atoms with Crippen molar-refractivity contribution in [2.75, 3.05) is 6.54 Å². The average Bonchev–Trinajstić information content (AvgIpc) is 2.89. The highest BCUT2D eigenvalue weighted by Crippen LogP contribution is 2.35. The summed E-state index contributed by atoms with van der Waals surface area (Å²) in [5.41, 5.74) is 0.661. The Labute approximate surface area is 134 Å². The van der Waals surface area contributed by atoms with Crippen molar-refractivity contribution in [3.63, 3.8) is 0 Å². The van der Waals surface area contributed by atoms with Gasteiger partial charge in [0.1, 0.15) is 0 Å². The van der Waals surface area contributed by atoms with Crippen molar-refractivity contribution >= 4 is 5.91 Å². The lowest BCUT2D eigenvalue weighted by Gasteiger charge is -2.23. The van der Waals surface area contributed by atoms with Crippen molar-refractivity contribution in [1.29, 1.82) is 0 Å². The van der Waals surface area contributed by atoms with E-state index in [-0.39, 0.29) is 23.8 Å².